The molecule has 0 saturated carbocycles. The summed E-state index contributed by atoms with van der Waals surface area (Å²) >= 11 is 0. The van der Waals surface area contributed by atoms with Gasteiger partial charge in [-0.3, -0.25) is 4.90 Å². The Morgan fingerprint density at radius 3 is 2.38 bits per heavy atom. The molecule has 0 aromatic heterocycles. The largest absolute Gasteiger partial charge is 0.497 e. The van der Waals surface area contributed by atoms with Crippen LogP contribution < -0.4 is 14.8 Å². The van der Waals surface area contributed by atoms with Crippen LogP contribution in [0.5, 0.6) is 11.5 Å². The van der Waals surface area contributed by atoms with Gasteiger partial charge in [-0.2, -0.15) is 0 Å². The molecule has 4 nitrogen and oxygen atoms in total. The molecule has 0 spiro atoms. The summed E-state index contributed by atoms with van der Waals surface area (Å²) in [6, 6.07) is 8.52. The number of ether oxygens (including phenoxy) is 2. The first-order valence-corrected chi connectivity index (χ1v) is 8.05. The van der Waals surface area contributed by atoms with Gasteiger partial charge >= 0.3 is 0 Å². The molecule has 1 fully saturated rings. The number of methoxy groups -OCH3 is 1. The van der Waals surface area contributed by atoms with E-state index < -0.39 is 0 Å². The first-order chi connectivity index (χ1) is 10.3. The van der Waals surface area contributed by atoms with Crippen LogP contribution in [0.2, 0.25) is 0 Å². The summed E-state index contributed by atoms with van der Waals surface area (Å²) in [7, 11) is 1.68. The van der Waals surface area contributed by atoms with Crippen LogP contribution in [0.3, 0.4) is 0 Å². The van der Waals surface area contributed by atoms with Crippen molar-refractivity contribution < 1.29 is 9.47 Å². The first-order valence-electron chi connectivity index (χ1n) is 8.05. The molecular formula is C17H28N2O2. The van der Waals surface area contributed by atoms with Crippen LogP contribution in [0, 0.1) is 0 Å². The summed E-state index contributed by atoms with van der Waals surface area (Å²) in [6.07, 6.45) is 3.71. The third kappa shape index (κ3) is 5.21. The normalized spacial score (nSPS) is 16.1. The van der Waals surface area contributed by atoms with Gasteiger partial charge in [-0.25, -0.2) is 0 Å². The number of hydrogen-bond donors (Lipinski definition) is 1. The number of rotatable bonds is 8. The summed E-state index contributed by atoms with van der Waals surface area (Å²) in [5.74, 6) is 1.78. The van der Waals surface area contributed by atoms with E-state index in [1.165, 1.54) is 19.3 Å². The van der Waals surface area contributed by atoms with Crippen molar-refractivity contribution in [1.29, 1.82) is 0 Å². The highest BCUT2D eigenvalue weighted by Gasteiger charge is 2.19. The maximum atomic E-state index is 5.86. The molecule has 21 heavy (non-hydrogen) atoms. The van der Waals surface area contributed by atoms with Crippen LogP contribution in [-0.2, 0) is 0 Å². The Labute approximate surface area is 128 Å². The van der Waals surface area contributed by atoms with Crippen molar-refractivity contribution in [1.82, 2.24) is 10.2 Å². The Kier molecular flexibility index (Phi) is 6.83. The molecule has 1 N–H and O–H groups in total. The van der Waals surface area contributed by atoms with E-state index >= 15 is 0 Å². The van der Waals surface area contributed by atoms with Gasteiger partial charge in [0.05, 0.1) is 7.11 Å². The lowest BCUT2D eigenvalue weighted by Gasteiger charge is -2.34. The maximum Gasteiger partial charge on any atom is 0.119 e. The predicted octanol–water partition coefficient (Wildman–Crippen LogP) is 2.54. The predicted molar refractivity (Wildman–Crippen MR) is 86.2 cm³/mol. The number of benzene rings is 1. The number of piperidine rings is 1. The van der Waals surface area contributed by atoms with Crippen molar-refractivity contribution in [3.8, 4) is 11.5 Å². The fraction of sp³-hybridized carbons (Fsp3) is 0.647. The van der Waals surface area contributed by atoms with Crippen LogP contribution in [0.1, 0.15) is 26.2 Å². The minimum absolute atomic E-state index is 0.714. The van der Waals surface area contributed by atoms with E-state index in [1.54, 1.807) is 7.11 Å². The Balaban J connectivity index is 1.77. The van der Waals surface area contributed by atoms with Gasteiger partial charge in [0.25, 0.3) is 0 Å². The highest BCUT2D eigenvalue weighted by atomic mass is 16.5. The van der Waals surface area contributed by atoms with Gasteiger partial charge in [-0.05, 0) is 63.2 Å². The van der Waals surface area contributed by atoms with Gasteiger partial charge < -0.3 is 14.8 Å². The van der Waals surface area contributed by atoms with Crippen molar-refractivity contribution in [2.24, 2.45) is 0 Å². The summed E-state index contributed by atoms with van der Waals surface area (Å²) < 4.78 is 11.0. The lowest BCUT2D eigenvalue weighted by Crippen LogP contribution is -2.45. The molecule has 1 aromatic rings. The molecule has 0 aliphatic carbocycles. The lowest BCUT2D eigenvalue weighted by molar-refractivity contribution is 0.135. The van der Waals surface area contributed by atoms with Gasteiger partial charge in [0.1, 0.15) is 18.1 Å². The van der Waals surface area contributed by atoms with E-state index in [4.69, 9.17) is 9.47 Å². The Morgan fingerprint density at radius 1 is 1.10 bits per heavy atom. The van der Waals surface area contributed by atoms with E-state index in [1.807, 2.05) is 24.3 Å². The minimum atomic E-state index is 0.714. The van der Waals surface area contributed by atoms with Gasteiger partial charge in [-0.1, -0.05) is 6.92 Å². The summed E-state index contributed by atoms with van der Waals surface area (Å²) in [5.41, 5.74) is 0. The van der Waals surface area contributed by atoms with Crippen molar-refractivity contribution in [3.05, 3.63) is 24.3 Å². The van der Waals surface area contributed by atoms with Gasteiger partial charge in [0.2, 0.25) is 0 Å². The highest BCUT2D eigenvalue weighted by molar-refractivity contribution is 5.31. The standard InChI is InChI=1S/C17H28N2O2/c1-3-12-19(15-8-10-18-11-9-15)13-14-21-17-6-4-16(20-2)5-7-17/h4-7,15,18H,3,8-14H2,1-2H3. The average Bonchev–Trinajstić information content (AvgIpc) is 2.55. The average molecular weight is 292 g/mol. The molecule has 118 valence electrons. The van der Waals surface area contributed by atoms with E-state index in [0.717, 1.165) is 44.3 Å². The summed E-state index contributed by atoms with van der Waals surface area (Å²) in [5, 5.41) is 3.43. The molecule has 2 rings (SSSR count). The van der Waals surface area contributed by atoms with Crippen LogP contribution in [0.4, 0.5) is 0 Å². The third-order valence-corrected chi connectivity index (χ3v) is 4.04. The van der Waals surface area contributed by atoms with Crippen LogP contribution in [-0.4, -0.2) is 50.8 Å². The second-order valence-corrected chi connectivity index (χ2v) is 5.54. The van der Waals surface area contributed by atoms with Crippen LogP contribution in [0.25, 0.3) is 0 Å². The topological polar surface area (TPSA) is 33.7 Å². The van der Waals surface area contributed by atoms with Crippen molar-refractivity contribution >= 4 is 0 Å². The molecule has 1 aliphatic rings. The summed E-state index contributed by atoms with van der Waals surface area (Å²) in [4.78, 5) is 2.59. The highest BCUT2D eigenvalue weighted by Crippen LogP contribution is 2.17. The lowest BCUT2D eigenvalue weighted by atomic mass is 10.0. The van der Waals surface area contributed by atoms with Crippen molar-refractivity contribution in [3.63, 3.8) is 0 Å². The number of hydrogen-bond acceptors (Lipinski definition) is 4. The molecule has 0 unspecified atom stereocenters. The Hall–Kier alpha value is -1.26. The molecule has 0 radical (unpaired) electrons. The zero-order valence-corrected chi connectivity index (χ0v) is 13.3. The minimum Gasteiger partial charge on any atom is -0.497 e. The van der Waals surface area contributed by atoms with Crippen molar-refractivity contribution in [2.45, 2.75) is 32.2 Å². The second-order valence-electron chi connectivity index (χ2n) is 5.54. The van der Waals surface area contributed by atoms with Gasteiger partial charge in [0.15, 0.2) is 0 Å². The Bertz CT molecular complexity index is 388. The smallest absolute Gasteiger partial charge is 0.119 e. The summed E-state index contributed by atoms with van der Waals surface area (Å²) in [6.45, 7) is 7.45. The van der Waals surface area contributed by atoms with Crippen LogP contribution >= 0.6 is 0 Å². The zero-order chi connectivity index (χ0) is 14.9. The molecular weight excluding hydrogens is 264 g/mol. The van der Waals surface area contributed by atoms with Crippen molar-refractivity contribution in [2.75, 3.05) is 39.9 Å². The first kappa shape index (κ1) is 16.1. The van der Waals surface area contributed by atoms with Gasteiger partial charge in [-0.15, -0.1) is 0 Å². The molecule has 1 aromatic carbocycles. The quantitative estimate of drug-likeness (QED) is 0.798. The maximum absolute atomic E-state index is 5.86. The molecule has 0 amide bonds. The SMILES string of the molecule is CCCN(CCOc1ccc(OC)cc1)C1CCNCC1. The zero-order valence-electron chi connectivity index (χ0n) is 13.3. The molecule has 0 atom stereocenters. The van der Waals surface area contributed by atoms with E-state index in [-0.39, 0.29) is 0 Å². The van der Waals surface area contributed by atoms with Crippen LogP contribution in [0.15, 0.2) is 24.3 Å². The third-order valence-electron chi connectivity index (χ3n) is 4.04. The Morgan fingerprint density at radius 2 is 1.76 bits per heavy atom. The molecule has 4 heteroatoms. The van der Waals surface area contributed by atoms with E-state index in [9.17, 15) is 0 Å². The molecule has 0 bridgehead atoms. The molecule has 1 saturated heterocycles. The van der Waals surface area contributed by atoms with E-state index in [2.05, 4.69) is 17.1 Å². The fourth-order valence-electron chi connectivity index (χ4n) is 2.89. The fourth-order valence-corrected chi connectivity index (χ4v) is 2.89. The molecule has 1 heterocycles. The molecule has 1 aliphatic heterocycles. The number of nitrogens with zero attached hydrogens (tertiary/aromatic N) is 1. The van der Waals surface area contributed by atoms with E-state index in [0.29, 0.717) is 6.04 Å². The monoisotopic (exact) mass is 292 g/mol. The second kappa shape index (κ2) is 8.90. The van der Waals surface area contributed by atoms with Gasteiger partial charge in [0, 0.05) is 12.6 Å². The number of nitrogens with one attached hydrogen (secondary N) is 1.